The van der Waals surface area contributed by atoms with Gasteiger partial charge in [0.2, 0.25) is 5.95 Å². The molecule has 0 spiro atoms. The lowest BCUT2D eigenvalue weighted by atomic mass is 10.2. The fraction of sp³-hybridized carbons (Fsp3) is 0.556. The van der Waals surface area contributed by atoms with Gasteiger partial charge in [0, 0.05) is 13.1 Å². The summed E-state index contributed by atoms with van der Waals surface area (Å²) in [6.45, 7) is 0. The van der Waals surface area contributed by atoms with Crippen LogP contribution in [0.2, 0.25) is 0 Å². The molecule has 1 aromatic rings. The van der Waals surface area contributed by atoms with Crippen LogP contribution in [0.3, 0.4) is 0 Å². The van der Waals surface area contributed by atoms with Gasteiger partial charge in [0.05, 0.1) is 17.7 Å². The third kappa shape index (κ3) is 2.51. The minimum Gasteiger partial charge on any atom is -0.353 e. The molecule has 0 amide bonds. The summed E-state index contributed by atoms with van der Waals surface area (Å²) in [6.07, 6.45) is 1.46. The average molecular weight is 275 g/mol. The molecule has 0 aromatic carbocycles. The molecule has 1 aliphatic rings. The Labute approximate surface area is 104 Å². The summed E-state index contributed by atoms with van der Waals surface area (Å²) in [7, 11) is -1.42. The first-order valence-corrected chi connectivity index (χ1v) is 7.17. The van der Waals surface area contributed by atoms with Crippen LogP contribution in [0, 0.1) is 5.82 Å². The Morgan fingerprint density at radius 3 is 2.89 bits per heavy atom. The number of halogens is 1. The highest BCUT2D eigenvalue weighted by Crippen LogP contribution is 2.23. The Bertz CT molecular complexity index is 550. The SMILES string of the molecule is CN(c1nc(NN)ncc1F)C1CCS(=O)(=O)C1. The molecule has 2 rings (SSSR count). The van der Waals surface area contributed by atoms with E-state index in [-0.39, 0.29) is 29.3 Å². The molecule has 1 fully saturated rings. The van der Waals surface area contributed by atoms with Crippen LogP contribution in [-0.4, -0.2) is 43.0 Å². The second-order valence-corrected chi connectivity index (χ2v) is 6.41. The van der Waals surface area contributed by atoms with Crippen LogP contribution in [-0.2, 0) is 9.84 Å². The molecule has 9 heteroatoms. The zero-order valence-electron chi connectivity index (χ0n) is 9.80. The molecule has 1 atom stereocenters. The van der Waals surface area contributed by atoms with Gasteiger partial charge >= 0.3 is 0 Å². The lowest BCUT2D eigenvalue weighted by Gasteiger charge is -2.24. The van der Waals surface area contributed by atoms with E-state index in [1.54, 1.807) is 7.05 Å². The number of rotatable bonds is 3. The molecule has 1 aliphatic heterocycles. The van der Waals surface area contributed by atoms with Crippen molar-refractivity contribution in [2.75, 3.05) is 28.9 Å². The van der Waals surface area contributed by atoms with Crippen LogP contribution in [0.25, 0.3) is 0 Å². The van der Waals surface area contributed by atoms with Crippen LogP contribution in [0.15, 0.2) is 6.20 Å². The predicted molar refractivity (Wildman–Crippen MR) is 65.3 cm³/mol. The lowest BCUT2D eigenvalue weighted by molar-refractivity contribution is 0.588. The molecule has 7 nitrogen and oxygen atoms in total. The standard InChI is InChI=1S/C9H14FN5O2S/c1-15(6-2-3-18(16,17)5-6)8-7(10)4-12-9(13-8)14-11/h4,6H,2-3,5,11H2,1H3,(H,12,13,14). The van der Waals surface area contributed by atoms with Gasteiger partial charge in [-0.3, -0.25) is 5.43 Å². The number of nitrogens with zero attached hydrogens (tertiary/aromatic N) is 3. The Morgan fingerprint density at radius 1 is 1.61 bits per heavy atom. The number of nitrogens with one attached hydrogen (secondary N) is 1. The van der Waals surface area contributed by atoms with E-state index in [1.165, 1.54) is 4.90 Å². The van der Waals surface area contributed by atoms with Gasteiger partial charge in [0.25, 0.3) is 0 Å². The predicted octanol–water partition coefficient (Wildman–Crippen LogP) is -0.475. The number of hydrogen-bond acceptors (Lipinski definition) is 7. The summed E-state index contributed by atoms with van der Waals surface area (Å²) in [4.78, 5) is 9.04. The monoisotopic (exact) mass is 275 g/mol. The average Bonchev–Trinajstić information content (AvgIpc) is 2.69. The topological polar surface area (TPSA) is 101 Å². The van der Waals surface area contributed by atoms with Gasteiger partial charge in [0.1, 0.15) is 0 Å². The van der Waals surface area contributed by atoms with Gasteiger partial charge < -0.3 is 4.90 Å². The minimum atomic E-state index is -3.02. The quantitative estimate of drug-likeness (QED) is 0.567. The molecular formula is C9H14FN5O2S. The van der Waals surface area contributed by atoms with Crippen LogP contribution in [0.5, 0.6) is 0 Å². The van der Waals surface area contributed by atoms with E-state index in [4.69, 9.17) is 5.84 Å². The van der Waals surface area contributed by atoms with E-state index < -0.39 is 15.7 Å². The molecule has 0 radical (unpaired) electrons. The summed E-state index contributed by atoms with van der Waals surface area (Å²) < 4.78 is 36.4. The molecule has 0 bridgehead atoms. The van der Waals surface area contributed by atoms with E-state index in [0.717, 1.165) is 6.20 Å². The van der Waals surface area contributed by atoms with E-state index in [1.807, 2.05) is 0 Å². The number of aromatic nitrogens is 2. The molecule has 0 saturated carbocycles. The molecule has 18 heavy (non-hydrogen) atoms. The fourth-order valence-corrected chi connectivity index (χ4v) is 3.70. The highest BCUT2D eigenvalue weighted by atomic mass is 32.2. The molecule has 100 valence electrons. The zero-order valence-corrected chi connectivity index (χ0v) is 10.6. The van der Waals surface area contributed by atoms with Crippen LogP contribution in [0.4, 0.5) is 16.2 Å². The number of hydrogen-bond donors (Lipinski definition) is 2. The Kier molecular flexibility index (Phi) is 3.35. The first kappa shape index (κ1) is 13.0. The molecule has 1 unspecified atom stereocenters. The minimum absolute atomic E-state index is 0.0122. The largest absolute Gasteiger partial charge is 0.353 e. The first-order valence-electron chi connectivity index (χ1n) is 5.35. The number of nitrogen functional groups attached to an aromatic ring is 1. The van der Waals surface area contributed by atoms with Crippen LogP contribution in [0.1, 0.15) is 6.42 Å². The second-order valence-electron chi connectivity index (χ2n) is 4.18. The van der Waals surface area contributed by atoms with E-state index >= 15 is 0 Å². The van der Waals surface area contributed by atoms with E-state index in [9.17, 15) is 12.8 Å². The Hall–Kier alpha value is -1.48. The third-order valence-electron chi connectivity index (χ3n) is 2.94. The molecule has 0 aliphatic carbocycles. The molecule has 1 saturated heterocycles. The van der Waals surface area contributed by atoms with Crippen molar-refractivity contribution >= 4 is 21.6 Å². The van der Waals surface area contributed by atoms with E-state index in [0.29, 0.717) is 6.42 Å². The van der Waals surface area contributed by atoms with Crippen LogP contribution >= 0.6 is 0 Å². The second kappa shape index (κ2) is 4.65. The van der Waals surface area contributed by atoms with Crippen molar-refractivity contribution < 1.29 is 12.8 Å². The molecule has 3 N–H and O–H groups in total. The van der Waals surface area contributed by atoms with Crippen molar-refractivity contribution in [1.82, 2.24) is 9.97 Å². The van der Waals surface area contributed by atoms with Gasteiger partial charge in [-0.15, -0.1) is 0 Å². The normalized spacial score (nSPS) is 21.8. The van der Waals surface area contributed by atoms with Crippen molar-refractivity contribution in [3.8, 4) is 0 Å². The molecule has 2 heterocycles. The fourth-order valence-electron chi connectivity index (χ4n) is 1.93. The third-order valence-corrected chi connectivity index (χ3v) is 4.70. The molecular weight excluding hydrogens is 261 g/mol. The Balaban J connectivity index is 2.26. The van der Waals surface area contributed by atoms with Gasteiger partial charge in [0.15, 0.2) is 21.5 Å². The highest BCUT2D eigenvalue weighted by Gasteiger charge is 2.32. The van der Waals surface area contributed by atoms with Crippen molar-refractivity contribution in [3.05, 3.63) is 12.0 Å². The summed E-state index contributed by atoms with van der Waals surface area (Å²) >= 11 is 0. The van der Waals surface area contributed by atoms with Crippen molar-refractivity contribution in [3.63, 3.8) is 0 Å². The summed E-state index contributed by atoms with van der Waals surface area (Å²) in [6, 6.07) is -0.273. The Morgan fingerprint density at radius 2 is 2.33 bits per heavy atom. The summed E-state index contributed by atoms with van der Waals surface area (Å²) in [5, 5.41) is 0. The number of anilines is 2. The van der Waals surface area contributed by atoms with Gasteiger partial charge in [-0.1, -0.05) is 0 Å². The summed E-state index contributed by atoms with van der Waals surface area (Å²) in [5.41, 5.74) is 2.22. The highest BCUT2D eigenvalue weighted by molar-refractivity contribution is 7.91. The zero-order chi connectivity index (χ0) is 13.3. The maximum Gasteiger partial charge on any atom is 0.239 e. The van der Waals surface area contributed by atoms with Crippen LogP contribution < -0.4 is 16.2 Å². The van der Waals surface area contributed by atoms with Crippen molar-refractivity contribution in [1.29, 1.82) is 0 Å². The maximum absolute atomic E-state index is 13.6. The lowest BCUT2D eigenvalue weighted by Crippen LogP contribution is -2.34. The smallest absolute Gasteiger partial charge is 0.239 e. The first-order chi connectivity index (χ1) is 8.43. The number of sulfone groups is 1. The number of hydrazine groups is 1. The summed E-state index contributed by atoms with van der Waals surface area (Å²) in [5.74, 6) is 4.80. The molecule has 1 aromatic heterocycles. The van der Waals surface area contributed by atoms with Crippen molar-refractivity contribution in [2.24, 2.45) is 5.84 Å². The number of nitrogens with two attached hydrogens (primary N) is 1. The van der Waals surface area contributed by atoms with E-state index in [2.05, 4.69) is 15.4 Å². The van der Waals surface area contributed by atoms with Crippen molar-refractivity contribution in [2.45, 2.75) is 12.5 Å². The maximum atomic E-state index is 13.6. The van der Waals surface area contributed by atoms with Gasteiger partial charge in [-0.2, -0.15) is 4.98 Å². The van der Waals surface area contributed by atoms with Gasteiger partial charge in [-0.05, 0) is 6.42 Å². The van der Waals surface area contributed by atoms with Gasteiger partial charge in [-0.25, -0.2) is 23.6 Å².